The molecule has 14 heavy (non-hydrogen) atoms. The fraction of sp³-hybridized carbons (Fsp3) is 0.857. The van der Waals surface area contributed by atoms with Gasteiger partial charge in [-0.1, -0.05) is 0 Å². The Bertz CT molecular complexity index is 207. The summed E-state index contributed by atoms with van der Waals surface area (Å²) in [4.78, 5) is 12.1. The zero-order valence-electron chi connectivity index (χ0n) is 8.69. The Morgan fingerprint density at radius 2 is 2.21 bits per heavy atom. The predicted molar refractivity (Wildman–Crippen MR) is 47.8 cm³/mol. The maximum atomic E-state index is 10.2. The van der Waals surface area contributed by atoms with E-state index in [1.54, 1.807) is 0 Å². The van der Waals surface area contributed by atoms with Crippen LogP contribution in [0, 0.1) is 0 Å². The van der Waals surface area contributed by atoms with Crippen molar-refractivity contribution in [3.05, 3.63) is 0 Å². The summed E-state index contributed by atoms with van der Waals surface area (Å²) in [6.45, 7) is 2.39. The zero-order chi connectivity index (χ0) is 10.0. The number of carboxylic acids is 1. The summed E-state index contributed by atoms with van der Waals surface area (Å²) in [5, 5.41) is 12.1. The van der Waals surface area contributed by atoms with Crippen LogP contribution in [0.2, 0.25) is 0 Å². The average molecular weight is 226 g/mol. The molecule has 1 heterocycles. The van der Waals surface area contributed by atoms with Gasteiger partial charge in [0, 0.05) is 19.6 Å². The van der Waals surface area contributed by atoms with Gasteiger partial charge in [0.2, 0.25) is 0 Å². The van der Waals surface area contributed by atoms with Gasteiger partial charge in [0.1, 0.15) is 0 Å². The van der Waals surface area contributed by atoms with Crippen molar-refractivity contribution in [2.24, 2.45) is 0 Å². The zero-order valence-corrected chi connectivity index (χ0v) is 11.5. The largest absolute Gasteiger partial charge is 1.00 e. The minimum Gasteiger partial charge on any atom is -0.757 e. The molecule has 0 radical (unpaired) electrons. The summed E-state index contributed by atoms with van der Waals surface area (Å²) < 4.78 is 0. The molecule has 2 unspecified atom stereocenters. The summed E-state index contributed by atoms with van der Waals surface area (Å²) in [6.07, 6.45) is 0.148. The molecule has 1 N–H and O–H groups in total. The SMILES string of the molecule is CC1N(C)NC([S-])N1CCC(=O)[O-].[Na+]. The Labute approximate surface area is 111 Å². The summed E-state index contributed by atoms with van der Waals surface area (Å²) >= 11 is 5.09. The van der Waals surface area contributed by atoms with Crippen LogP contribution in [0.4, 0.5) is 0 Å². The van der Waals surface area contributed by atoms with E-state index in [0.29, 0.717) is 6.54 Å². The molecule has 5 nitrogen and oxygen atoms in total. The molecule has 0 spiro atoms. The van der Waals surface area contributed by atoms with E-state index >= 15 is 0 Å². The van der Waals surface area contributed by atoms with Crippen molar-refractivity contribution in [3.8, 4) is 0 Å². The topological polar surface area (TPSA) is 58.6 Å². The summed E-state index contributed by atoms with van der Waals surface area (Å²) in [5.74, 6) is -1.04. The molecule has 1 aliphatic heterocycles. The number of hydrogen-bond acceptors (Lipinski definition) is 6. The van der Waals surface area contributed by atoms with Crippen LogP contribution in [0.1, 0.15) is 13.3 Å². The molecule has 0 amide bonds. The van der Waals surface area contributed by atoms with Crippen molar-refractivity contribution < 1.29 is 39.5 Å². The first-order chi connectivity index (χ1) is 6.02. The van der Waals surface area contributed by atoms with Crippen LogP contribution in [0.3, 0.4) is 0 Å². The quantitative estimate of drug-likeness (QED) is 0.384. The number of rotatable bonds is 3. The van der Waals surface area contributed by atoms with E-state index in [1.807, 2.05) is 23.9 Å². The van der Waals surface area contributed by atoms with Crippen molar-refractivity contribution in [1.82, 2.24) is 15.3 Å². The Morgan fingerprint density at radius 1 is 1.64 bits per heavy atom. The van der Waals surface area contributed by atoms with Gasteiger partial charge in [-0.3, -0.25) is 10.3 Å². The second-order valence-corrected chi connectivity index (χ2v) is 3.53. The van der Waals surface area contributed by atoms with Crippen molar-refractivity contribution in [2.45, 2.75) is 25.0 Å². The fourth-order valence-electron chi connectivity index (χ4n) is 1.30. The minimum atomic E-state index is -1.04. The Kier molecular flexibility index (Phi) is 6.63. The third-order valence-electron chi connectivity index (χ3n) is 2.23. The molecule has 7 heteroatoms. The van der Waals surface area contributed by atoms with Crippen molar-refractivity contribution in [1.29, 1.82) is 0 Å². The molecular formula is C7H13N3NaO2S-. The van der Waals surface area contributed by atoms with Crippen molar-refractivity contribution in [3.63, 3.8) is 0 Å². The molecule has 0 aromatic rings. The molecule has 0 aromatic carbocycles. The molecule has 2 atom stereocenters. The van der Waals surface area contributed by atoms with Crippen LogP contribution in [-0.4, -0.2) is 41.1 Å². The Morgan fingerprint density at radius 3 is 2.57 bits per heavy atom. The molecule has 0 saturated carbocycles. The maximum Gasteiger partial charge on any atom is 1.00 e. The molecule has 76 valence electrons. The van der Waals surface area contributed by atoms with Crippen LogP contribution < -0.4 is 40.1 Å². The van der Waals surface area contributed by atoms with Crippen LogP contribution in [-0.2, 0) is 17.4 Å². The van der Waals surface area contributed by atoms with Crippen molar-refractivity contribution >= 4 is 18.6 Å². The predicted octanol–water partition coefficient (Wildman–Crippen LogP) is -4.94. The molecule has 1 rings (SSSR count). The number of carboxylic acid groups (broad SMARTS) is 1. The minimum absolute atomic E-state index is 0. The molecule has 0 aliphatic carbocycles. The standard InChI is InChI=1S/C7H15N3O2S.Na/c1-5-9(2)8-7(13)10(5)4-3-6(11)12;/h5,7-8,13H,3-4H2,1-2H3,(H,11,12);/q;+1/p-2. The van der Waals surface area contributed by atoms with E-state index in [9.17, 15) is 9.90 Å². The molecular weight excluding hydrogens is 213 g/mol. The smallest absolute Gasteiger partial charge is 0.757 e. The monoisotopic (exact) mass is 226 g/mol. The first-order valence-corrected chi connectivity index (χ1v) is 4.60. The second kappa shape index (κ2) is 6.32. The van der Waals surface area contributed by atoms with Gasteiger partial charge in [-0.2, -0.15) is 0 Å². The Balaban J connectivity index is 0.00000169. The number of hydrogen-bond donors (Lipinski definition) is 1. The average Bonchev–Trinajstić information content (AvgIpc) is 2.24. The molecule has 1 saturated heterocycles. The first-order valence-electron chi connectivity index (χ1n) is 4.13. The number of nitrogens with one attached hydrogen (secondary N) is 1. The first kappa shape index (κ1) is 14.7. The van der Waals surface area contributed by atoms with E-state index < -0.39 is 5.97 Å². The van der Waals surface area contributed by atoms with Gasteiger partial charge < -0.3 is 22.5 Å². The van der Waals surface area contributed by atoms with Gasteiger partial charge in [0.05, 0.1) is 6.17 Å². The molecule has 1 fully saturated rings. The van der Waals surface area contributed by atoms with Gasteiger partial charge in [-0.05, 0) is 18.8 Å². The maximum absolute atomic E-state index is 10.2. The molecule has 1 aliphatic rings. The van der Waals surface area contributed by atoms with E-state index in [0.717, 1.165) is 0 Å². The van der Waals surface area contributed by atoms with Crippen LogP contribution in [0.5, 0.6) is 0 Å². The molecule has 0 bridgehead atoms. The second-order valence-electron chi connectivity index (χ2n) is 3.08. The van der Waals surface area contributed by atoms with Crippen LogP contribution in [0.15, 0.2) is 0 Å². The third kappa shape index (κ3) is 3.69. The van der Waals surface area contributed by atoms with Crippen LogP contribution in [0.25, 0.3) is 0 Å². The summed E-state index contributed by atoms with van der Waals surface area (Å²) in [7, 11) is 1.88. The van der Waals surface area contributed by atoms with Crippen molar-refractivity contribution in [2.75, 3.05) is 13.6 Å². The van der Waals surface area contributed by atoms with Gasteiger partial charge in [-0.15, -0.1) is 0 Å². The number of nitrogens with zero attached hydrogens (tertiary/aromatic N) is 2. The Hall–Kier alpha value is 0.700. The number of aliphatic carboxylic acids is 1. The number of carbonyl (C=O) groups excluding carboxylic acids is 1. The van der Waals surface area contributed by atoms with Gasteiger partial charge in [0.15, 0.2) is 0 Å². The summed E-state index contributed by atoms with van der Waals surface area (Å²) in [5.41, 5.74) is 2.78. The number of carbonyl (C=O) groups is 1. The van der Waals surface area contributed by atoms with E-state index in [4.69, 9.17) is 12.6 Å². The number of hydrazine groups is 1. The fourth-order valence-corrected chi connectivity index (χ4v) is 1.75. The van der Waals surface area contributed by atoms with Crippen LogP contribution >= 0.6 is 0 Å². The van der Waals surface area contributed by atoms with Gasteiger partial charge >= 0.3 is 29.6 Å². The van der Waals surface area contributed by atoms with Gasteiger partial charge in [0.25, 0.3) is 0 Å². The van der Waals surface area contributed by atoms with E-state index in [2.05, 4.69) is 5.43 Å². The van der Waals surface area contributed by atoms with E-state index in [-0.39, 0.29) is 47.6 Å². The summed E-state index contributed by atoms with van der Waals surface area (Å²) in [6, 6.07) is 0. The third-order valence-corrected chi connectivity index (χ3v) is 2.61. The van der Waals surface area contributed by atoms with E-state index in [1.165, 1.54) is 0 Å². The molecule has 0 aromatic heterocycles. The normalized spacial score (nSPS) is 28.8. The van der Waals surface area contributed by atoms with Gasteiger partial charge in [-0.25, -0.2) is 5.01 Å².